The van der Waals surface area contributed by atoms with Crippen molar-refractivity contribution in [1.29, 1.82) is 0 Å². The summed E-state index contributed by atoms with van der Waals surface area (Å²) < 4.78 is 125. The molecule has 6 N–H and O–H groups in total. The molecular formula is C45H48Cl3F3N12O9S6. The molecule has 3 aromatic carbocycles. The number of thiazole rings is 3. The van der Waals surface area contributed by atoms with Crippen LogP contribution in [0.5, 0.6) is 0 Å². The van der Waals surface area contributed by atoms with Gasteiger partial charge in [-0.3, -0.25) is 14.4 Å². The summed E-state index contributed by atoms with van der Waals surface area (Å²) in [6.07, 6.45) is 5.52. The second-order valence-electron chi connectivity index (χ2n) is 17.5. The van der Waals surface area contributed by atoms with Gasteiger partial charge in [0.1, 0.15) is 35.6 Å². The van der Waals surface area contributed by atoms with Gasteiger partial charge in [-0.2, -0.15) is 52.3 Å². The lowest BCUT2D eigenvalue weighted by molar-refractivity contribution is -0.120. The largest absolute Gasteiger partial charge is 0.325 e. The summed E-state index contributed by atoms with van der Waals surface area (Å²) in [6, 6.07) is 6.84. The van der Waals surface area contributed by atoms with Crippen LogP contribution < -0.4 is 30.1 Å². The summed E-state index contributed by atoms with van der Waals surface area (Å²) in [4.78, 5) is 52.6. The average molecular weight is 1260 g/mol. The van der Waals surface area contributed by atoms with Gasteiger partial charge < -0.3 is 16.0 Å². The molecule has 3 amide bonds. The Morgan fingerprint density at radius 1 is 0.500 bits per heavy atom. The molecule has 3 fully saturated rings. The summed E-state index contributed by atoms with van der Waals surface area (Å²) in [5.74, 6) is -3.38. The van der Waals surface area contributed by atoms with Gasteiger partial charge in [-0.25, -0.2) is 28.1 Å². The van der Waals surface area contributed by atoms with E-state index < -0.39 is 102 Å². The molecule has 420 valence electrons. The number of nitrogens with one attached hydrogen (secondary N) is 6. The monoisotopic (exact) mass is 1250 g/mol. The number of carbonyl (C=O) groups excluding carboxylic acids is 3. The van der Waals surface area contributed by atoms with Gasteiger partial charge in [0, 0.05) is 71.4 Å². The Bertz CT molecular complexity index is 3220. The summed E-state index contributed by atoms with van der Waals surface area (Å²) in [5.41, 5.74) is 0.864. The molecule has 3 aliphatic rings. The van der Waals surface area contributed by atoms with Gasteiger partial charge in [0.2, 0.25) is 17.7 Å². The van der Waals surface area contributed by atoms with E-state index in [1.807, 2.05) is 20.8 Å². The van der Waals surface area contributed by atoms with Crippen molar-refractivity contribution in [1.82, 2.24) is 42.0 Å². The van der Waals surface area contributed by atoms with E-state index in [2.05, 4.69) is 45.1 Å². The lowest BCUT2D eigenvalue weighted by Crippen LogP contribution is -2.55. The zero-order valence-electron chi connectivity index (χ0n) is 41.6. The number of aromatic nitrogens is 3. The van der Waals surface area contributed by atoms with E-state index in [4.69, 9.17) is 34.8 Å². The molecule has 21 nitrogen and oxygen atoms in total. The van der Waals surface area contributed by atoms with Crippen molar-refractivity contribution in [2.75, 3.05) is 37.1 Å². The highest BCUT2D eigenvalue weighted by Gasteiger charge is 2.44. The van der Waals surface area contributed by atoms with Crippen LogP contribution in [0.15, 0.2) is 73.2 Å². The lowest BCUT2D eigenvalue weighted by atomic mass is 10.1. The van der Waals surface area contributed by atoms with Gasteiger partial charge in [0.25, 0.3) is 30.6 Å². The van der Waals surface area contributed by atoms with Gasteiger partial charge >= 0.3 is 0 Å². The quantitative estimate of drug-likeness (QED) is 0.0827. The van der Waals surface area contributed by atoms with E-state index in [-0.39, 0.29) is 51.4 Å². The molecule has 6 heterocycles. The molecule has 0 bridgehead atoms. The zero-order chi connectivity index (χ0) is 57.2. The highest BCUT2D eigenvalue weighted by Crippen LogP contribution is 2.35. The Balaban J connectivity index is 0.000000170. The maximum atomic E-state index is 13.3. The number of likely N-dealkylation sites (N-methyl/N-ethyl adjacent to an activating group) is 3. The van der Waals surface area contributed by atoms with Crippen molar-refractivity contribution in [2.24, 2.45) is 0 Å². The first-order valence-corrected chi connectivity index (χ1v) is 30.7. The number of nitrogens with zero attached hydrogens (tertiary/aromatic N) is 6. The number of benzene rings is 3. The van der Waals surface area contributed by atoms with Gasteiger partial charge in [-0.1, -0.05) is 34.8 Å². The number of carbonyl (C=O) groups is 3. The maximum Gasteiger partial charge on any atom is 0.280 e. The molecule has 0 spiro atoms. The van der Waals surface area contributed by atoms with Crippen LogP contribution >= 0.6 is 68.8 Å². The second kappa shape index (κ2) is 24.9. The molecule has 6 atom stereocenters. The summed E-state index contributed by atoms with van der Waals surface area (Å²) in [7, 11) is -7.51. The van der Waals surface area contributed by atoms with Crippen LogP contribution in [0.4, 0.5) is 30.2 Å². The number of aryl methyl sites for hydroxylation is 3. The minimum absolute atomic E-state index is 0.132. The molecule has 0 saturated carbocycles. The second-order valence-corrected chi connectivity index (χ2v) is 27.8. The first-order chi connectivity index (χ1) is 36.5. The van der Waals surface area contributed by atoms with Crippen molar-refractivity contribution >= 4 is 134 Å². The fourth-order valence-corrected chi connectivity index (χ4v) is 15.0. The first kappa shape index (κ1) is 60.9. The topological polar surface area (TPSA) is 274 Å². The van der Waals surface area contributed by atoms with E-state index in [0.29, 0.717) is 0 Å². The summed E-state index contributed by atoms with van der Waals surface area (Å²) in [5, 5.41) is 9.79. The molecule has 78 heavy (non-hydrogen) atoms. The lowest BCUT2D eigenvalue weighted by Gasteiger charge is -2.35. The first-order valence-electron chi connectivity index (χ1n) is 22.8. The van der Waals surface area contributed by atoms with Crippen LogP contribution in [0.1, 0.15) is 67.0 Å². The van der Waals surface area contributed by atoms with Gasteiger partial charge in [0.15, 0.2) is 0 Å². The van der Waals surface area contributed by atoms with Gasteiger partial charge in [-0.15, -0.1) is 34.0 Å². The van der Waals surface area contributed by atoms with Crippen molar-refractivity contribution in [3.8, 4) is 0 Å². The van der Waals surface area contributed by atoms with Gasteiger partial charge in [0.05, 0.1) is 48.2 Å². The van der Waals surface area contributed by atoms with Crippen molar-refractivity contribution in [2.45, 2.75) is 76.3 Å². The van der Waals surface area contributed by atoms with Crippen LogP contribution in [0.25, 0.3) is 0 Å². The third-order valence-electron chi connectivity index (χ3n) is 12.1. The van der Waals surface area contributed by atoms with Crippen LogP contribution in [0.3, 0.4) is 0 Å². The third-order valence-corrected chi connectivity index (χ3v) is 20.9. The Morgan fingerprint density at radius 3 is 0.949 bits per heavy atom. The highest BCUT2D eigenvalue weighted by atomic mass is 35.5. The number of anilines is 3. The van der Waals surface area contributed by atoms with Gasteiger partial charge in [-0.05, 0) is 94.6 Å². The van der Waals surface area contributed by atoms with E-state index >= 15 is 0 Å². The average Bonchev–Trinajstić information content (AvgIpc) is 4.15. The van der Waals surface area contributed by atoms with E-state index in [9.17, 15) is 52.8 Å². The smallest absolute Gasteiger partial charge is 0.280 e. The van der Waals surface area contributed by atoms with Crippen LogP contribution in [-0.4, -0.2) is 110 Å². The number of halogens is 6. The predicted molar refractivity (Wildman–Crippen MR) is 294 cm³/mol. The van der Waals surface area contributed by atoms with E-state index in [0.717, 1.165) is 60.8 Å². The van der Waals surface area contributed by atoms with Crippen molar-refractivity contribution < 1.29 is 52.8 Å². The van der Waals surface area contributed by atoms with Crippen LogP contribution in [0.2, 0.25) is 15.1 Å². The molecule has 33 heteroatoms. The third kappa shape index (κ3) is 14.8. The molecule has 0 aliphatic carbocycles. The molecule has 2 unspecified atom stereocenters. The molecule has 3 aliphatic heterocycles. The Morgan fingerprint density at radius 2 is 0.744 bits per heavy atom. The Hall–Kier alpha value is -4.77. The number of amides is 3. The van der Waals surface area contributed by atoms with Crippen LogP contribution in [-0.2, 0) is 45.0 Å². The fraction of sp³-hybridized carbons (Fsp3) is 0.333. The van der Waals surface area contributed by atoms with Crippen molar-refractivity contribution in [3.05, 3.63) is 135 Å². The number of hydrogen-bond acceptors (Lipinski definition) is 15. The standard InChI is InChI=1S/3C15H16ClFN4O3S2/c3*1-8-18-7-14(25-8)12-6-13(21(2)26(23,24)20-12)15(22)19-9-3-4-11(17)10(16)5-9/h3*3-5,7,12-13,20H,6H2,1-2H3,(H,19,22)/t2*12-,13+;/m10./s1. The number of hydrogen-bond donors (Lipinski definition) is 6. The van der Waals surface area contributed by atoms with E-state index in [1.54, 1.807) is 18.6 Å². The zero-order valence-corrected chi connectivity index (χ0v) is 48.8. The normalized spacial score (nSPS) is 22.9. The minimum Gasteiger partial charge on any atom is -0.325 e. The fourth-order valence-electron chi connectivity index (χ4n) is 7.90. The highest BCUT2D eigenvalue weighted by molar-refractivity contribution is 7.87. The SMILES string of the molecule is Cc1ncc(C2CC(C(=O)Nc3ccc(F)c(Cl)c3)N(C)S(=O)(=O)N2)s1.Cc1ncc([C@@H]2C[C@H](C(=O)Nc3ccc(F)c(Cl)c3)N(C)S(=O)(=O)N2)s1.Cc1ncc([C@H]2C[C@@H](C(=O)Nc3ccc(F)c(Cl)c3)N(C)S(=O)(=O)N2)s1. The minimum atomic E-state index is -3.84. The molecular weight excluding hydrogens is 1210 g/mol. The maximum absolute atomic E-state index is 13.3. The molecule has 3 aromatic heterocycles. The Kier molecular flexibility index (Phi) is 19.5. The molecule has 6 aromatic rings. The predicted octanol–water partition coefficient (Wildman–Crippen LogP) is 7.39. The molecule has 0 radical (unpaired) electrons. The van der Waals surface area contributed by atoms with E-state index in [1.165, 1.54) is 91.6 Å². The van der Waals surface area contributed by atoms with Crippen LogP contribution in [0, 0.1) is 38.2 Å². The molecule has 9 rings (SSSR count). The summed E-state index contributed by atoms with van der Waals surface area (Å²) in [6.45, 7) is 5.46. The Labute approximate surface area is 474 Å². The number of rotatable bonds is 9. The molecule has 3 saturated heterocycles. The van der Waals surface area contributed by atoms with Crippen molar-refractivity contribution in [3.63, 3.8) is 0 Å². The summed E-state index contributed by atoms with van der Waals surface area (Å²) >= 11 is 21.3.